The summed E-state index contributed by atoms with van der Waals surface area (Å²) in [5.74, 6) is 0.490. The molecule has 210 valence electrons. The molecule has 2 aromatic rings. The van der Waals surface area contributed by atoms with Crippen LogP contribution < -0.4 is 21.3 Å². The van der Waals surface area contributed by atoms with E-state index in [2.05, 4.69) is 23.3 Å². The summed E-state index contributed by atoms with van der Waals surface area (Å²) in [6, 6.07) is 11.2. The Morgan fingerprint density at radius 1 is 1.12 bits per heavy atom. The Morgan fingerprint density at radius 2 is 1.90 bits per heavy atom. The summed E-state index contributed by atoms with van der Waals surface area (Å²) in [6.45, 7) is 4.56. The van der Waals surface area contributed by atoms with Gasteiger partial charge in [0, 0.05) is 24.2 Å². The number of amides is 2. The number of halogens is 1. The van der Waals surface area contributed by atoms with E-state index in [0.717, 1.165) is 35.4 Å². The van der Waals surface area contributed by atoms with Gasteiger partial charge in [0.15, 0.2) is 0 Å². The maximum Gasteiger partial charge on any atom is 0.247 e. The van der Waals surface area contributed by atoms with Crippen molar-refractivity contribution in [1.29, 1.82) is 0 Å². The normalized spacial score (nSPS) is 19.4. The number of hydrogen-bond donors (Lipinski definition) is 4. The Bertz CT molecular complexity index is 1360. The molecule has 0 aliphatic carbocycles. The van der Waals surface area contributed by atoms with Gasteiger partial charge in [-0.2, -0.15) is 0 Å². The molecule has 0 bridgehead atoms. The number of benzene rings is 2. The summed E-state index contributed by atoms with van der Waals surface area (Å²) in [5.41, 5.74) is 10.2. The molecule has 8 nitrogen and oxygen atoms in total. The first kappa shape index (κ1) is 29.1. The lowest BCUT2D eigenvalue weighted by atomic mass is 9.98. The first-order valence-corrected chi connectivity index (χ1v) is 14.1. The van der Waals surface area contributed by atoms with E-state index in [1.807, 2.05) is 36.4 Å². The summed E-state index contributed by atoms with van der Waals surface area (Å²) < 4.78 is 0. The molecular formula is C31H36ClN5O3. The predicted molar refractivity (Wildman–Crippen MR) is 163 cm³/mol. The van der Waals surface area contributed by atoms with Crippen LogP contribution in [0.15, 0.2) is 76.9 Å². The molecule has 0 spiro atoms. The number of phenols is 1. The molecule has 2 aliphatic rings. The van der Waals surface area contributed by atoms with E-state index in [-0.39, 0.29) is 17.6 Å². The first-order valence-electron chi connectivity index (χ1n) is 13.7. The minimum absolute atomic E-state index is 0.0731. The average Bonchev–Trinajstić information content (AvgIpc) is 3.11. The molecule has 9 heteroatoms. The highest BCUT2D eigenvalue weighted by Crippen LogP contribution is 2.37. The van der Waals surface area contributed by atoms with Gasteiger partial charge in [0.2, 0.25) is 11.8 Å². The number of amidine groups is 1. The molecule has 0 saturated heterocycles. The van der Waals surface area contributed by atoms with Gasteiger partial charge in [-0.05, 0) is 81.3 Å². The fourth-order valence-electron chi connectivity index (χ4n) is 4.88. The fraction of sp³-hybridized carbons (Fsp3) is 0.323. The third kappa shape index (κ3) is 7.20. The minimum Gasteiger partial charge on any atom is -0.507 e. The van der Waals surface area contributed by atoms with Crippen molar-refractivity contribution >= 4 is 46.3 Å². The Labute approximate surface area is 240 Å². The van der Waals surface area contributed by atoms with Crippen molar-refractivity contribution in [3.05, 3.63) is 83.1 Å². The summed E-state index contributed by atoms with van der Waals surface area (Å²) in [5, 5.41) is 17.8. The van der Waals surface area contributed by atoms with Crippen molar-refractivity contribution < 1.29 is 14.7 Å². The van der Waals surface area contributed by atoms with Gasteiger partial charge in [-0.3, -0.25) is 9.59 Å². The van der Waals surface area contributed by atoms with Gasteiger partial charge in [-0.25, -0.2) is 4.99 Å². The lowest BCUT2D eigenvalue weighted by Crippen LogP contribution is -2.32. The minimum atomic E-state index is -0.316. The van der Waals surface area contributed by atoms with E-state index >= 15 is 0 Å². The van der Waals surface area contributed by atoms with E-state index in [1.54, 1.807) is 11.0 Å². The largest absolute Gasteiger partial charge is 0.507 e. The van der Waals surface area contributed by atoms with Crippen LogP contribution in [0.1, 0.15) is 49.7 Å². The second-order valence-corrected chi connectivity index (χ2v) is 10.2. The van der Waals surface area contributed by atoms with Crippen molar-refractivity contribution in [2.45, 2.75) is 51.4 Å². The Morgan fingerprint density at radius 3 is 2.67 bits per heavy atom. The second kappa shape index (κ2) is 14.0. The number of aromatic hydroxyl groups is 1. The third-order valence-corrected chi connectivity index (χ3v) is 7.30. The standard InChI is InChI=1S/C31H36ClN5O3/c1-2-28(38)35-25-12-5-6-13-26(25)36-31-24(32)11-4-3-9-22(34-31)17-15-21-16-18-27-23(30(21)40)10-7-14-29(39)37(27)20-8-19-33/h2,5-6,9,11-13,16,18,40H,1,3-4,7-8,10,14-15,17,19-20,33H2,(H,34,36)(H,35,38)/b22-9+,24-11+. The molecule has 2 amide bonds. The molecule has 4 rings (SSSR count). The van der Waals surface area contributed by atoms with Gasteiger partial charge in [0.1, 0.15) is 11.6 Å². The SMILES string of the molecule is C=CC(=O)Nc1ccccc1NC1=N/C(CCc2ccc3c(c2O)CCCC(=O)N3CCCN)=C/CC/C=C\1Cl. The molecule has 2 aliphatic heterocycles. The number of nitrogens with zero attached hydrogens (tertiary/aromatic N) is 2. The number of para-hydroxylation sites is 2. The topological polar surface area (TPSA) is 120 Å². The van der Waals surface area contributed by atoms with Crippen molar-refractivity contribution in [2.75, 3.05) is 28.6 Å². The number of carbonyl (C=O) groups excluding carboxylic acids is 2. The number of carbonyl (C=O) groups is 2. The van der Waals surface area contributed by atoms with Crippen LogP contribution >= 0.6 is 11.6 Å². The Kier molecular flexibility index (Phi) is 10.2. The van der Waals surface area contributed by atoms with Crippen LogP contribution in [0, 0.1) is 0 Å². The van der Waals surface area contributed by atoms with Crippen LogP contribution in [0.25, 0.3) is 0 Å². The molecule has 0 radical (unpaired) electrons. The summed E-state index contributed by atoms with van der Waals surface area (Å²) in [4.78, 5) is 31.2. The van der Waals surface area contributed by atoms with Crippen LogP contribution in [-0.2, 0) is 22.4 Å². The molecule has 40 heavy (non-hydrogen) atoms. The van der Waals surface area contributed by atoms with Gasteiger partial charge in [-0.15, -0.1) is 0 Å². The van der Waals surface area contributed by atoms with Gasteiger partial charge in [-0.1, -0.05) is 48.5 Å². The zero-order valence-electron chi connectivity index (χ0n) is 22.6. The number of hydrogen-bond acceptors (Lipinski definition) is 6. The second-order valence-electron chi connectivity index (χ2n) is 9.76. The number of anilines is 3. The molecule has 2 heterocycles. The maximum absolute atomic E-state index is 12.7. The van der Waals surface area contributed by atoms with Crippen LogP contribution in [-0.4, -0.2) is 35.8 Å². The Hall–Kier alpha value is -3.88. The zero-order valence-corrected chi connectivity index (χ0v) is 23.3. The lowest BCUT2D eigenvalue weighted by Gasteiger charge is -2.24. The zero-order chi connectivity index (χ0) is 28.5. The van der Waals surface area contributed by atoms with Gasteiger partial charge in [0.25, 0.3) is 0 Å². The molecule has 0 aromatic heterocycles. The monoisotopic (exact) mass is 561 g/mol. The summed E-state index contributed by atoms with van der Waals surface area (Å²) in [6.07, 6.45) is 10.4. The van der Waals surface area contributed by atoms with Gasteiger partial charge in [0.05, 0.1) is 22.1 Å². The highest BCUT2D eigenvalue weighted by molar-refractivity contribution is 6.45. The van der Waals surface area contributed by atoms with Crippen molar-refractivity contribution in [2.24, 2.45) is 10.7 Å². The molecule has 0 saturated carbocycles. The van der Waals surface area contributed by atoms with Gasteiger partial charge >= 0.3 is 0 Å². The van der Waals surface area contributed by atoms with E-state index in [1.165, 1.54) is 6.08 Å². The number of phenolic OH excluding ortho intramolecular Hbond substituents is 1. The van der Waals surface area contributed by atoms with Crippen molar-refractivity contribution in [3.63, 3.8) is 0 Å². The van der Waals surface area contributed by atoms with Crippen molar-refractivity contribution in [3.8, 4) is 5.75 Å². The quantitative estimate of drug-likeness (QED) is 0.289. The number of aliphatic imine (C=N–C) groups is 1. The van der Waals surface area contributed by atoms with Crippen LogP contribution in [0.4, 0.5) is 17.1 Å². The van der Waals surface area contributed by atoms with Crippen LogP contribution in [0.3, 0.4) is 0 Å². The van der Waals surface area contributed by atoms with E-state index in [4.69, 9.17) is 22.3 Å². The number of allylic oxidation sites excluding steroid dienone is 3. The van der Waals surface area contributed by atoms with Gasteiger partial charge < -0.3 is 26.4 Å². The molecule has 5 N–H and O–H groups in total. The fourth-order valence-corrected chi connectivity index (χ4v) is 5.07. The van der Waals surface area contributed by atoms with Crippen molar-refractivity contribution in [1.82, 2.24) is 0 Å². The van der Waals surface area contributed by atoms with Crippen LogP contribution in [0.2, 0.25) is 0 Å². The molecule has 0 fully saturated rings. The molecular weight excluding hydrogens is 526 g/mol. The first-order chi connectivity index (χ1) is 19.4. The molecule has 2 aromatic carbocycles. The number of nitrogens with one attached hydrogen (secondary N) is 2. The Balaban J connectivity index is 1.55. The lowest BCUT2D eigenvalue weighted by molar-refractivity contribution is -0.118. The third-order valence-electron chi connectivity index (χ3n) is 6.96. The van der Waals surface area contributed by atoms with Crippen LogP contribution in [0.5, 0.6) is 5.75 Å². The number of rotatable bonds is 9. The number of fused-ring (bicyclic) bond motifs is 1. The number of nitrogens with two attached hydrogens (primary N) is 1. The van der Waals surface area contributed by atoms with E-state index in [0.29, 0.717) is 73.9 Å². The summed E-state index contributed by atoms with van der Waals surface area (Å²) in [7, 11) is 0. The predicted octanol–water partition coefficient (Wildman–Crippen LogP) is 5.78. The smallest absolute Gasteiger partial charge is 0.247 e. The average molecular weight is 562 g/mol. The van der Waals surface area contributed by atoms with E-state index in [9.17, 15) is 14.7 Å². The maximum atomic E-state index is 12.7. The molecule has 0 atom stereocenters. The highest BCUT2D eigenvalue weighted by atomic mass is 35.5. The van der Waals surface area contributed by atoms with E-state index < -0.39 is 0 Å². The highest BCUT2D eigenvalue weighted by Gasteiger charge is 2.25. The molecule has 0 unspecified atom stereocenters. The number of aryl methyl sites for hydroxylation is 1. The summed E-state index contributed by atoms with van der Waals surface area (Å²) >= 11 is 6.62.